The van der Waals surface area contributed by atoms with Crippen molar-refractivity contribution >= 4 is 0 Å². The van der Waals surface area contributed by atoms with Crippen LogP contribution in [-0.2, 0) is 0 Å². The first-order valence-corrected chi connectivity index (χ1v) is 42.9. The molecular formula is C90H172F24. The van der Waals surface area contributed by atoms with E-state index in [0.29, 0.717) is 83.5 Å². The first-order chi connectivity index (χ1) is 50.3. The summed E-state index contributed by atoms with van der Waals surface area (Å²) in [7, 11) is 0. The largest absolute Gasteiger partial charge is 0.395 e. The summed E-state index contributed by atoms with van der Waals surface area (Å²) >= 11 is 0. The molecule has 114 heavy (non-hydrogen) atoms. The molecule has 0 rings (SSSR count). The lowest BCUT2D eigenvalue weighted by molar-refractivity contribution is -0.275. The van der Waals surface area contributed by atoms with Gasteiger partial charge in [-0.25, -0.2) is 0 Å². The van der Waals surface area contributed by atoms with Crippen LogP contribution in [0.3, 0.4) is 0 Å². The van der Waals surface area contributed by atoms with Crippen molar-refractivity contribution in [2.45, 2.75) is 449 Å². The first-order valence-electron chi connectivity index (χ1n) is 42.9. The highest BCUT2D eigenvalue weighted by atomic mass is 19.4. The van der Waals surface area contributed by atoms with Gasteiger partial charge < -0.3 is 0 Å². The molecule has 24 heteroatoms. The second-order valence-electron chi connectivity index (χ2n) is 37.9. The van der Waals surface area contributed by atoms with Crippen LogP contribution >= 0.6 is 0 Å². The normalized spacial score (nSPS) is 16.8. The Hall–Kier alpha value is -1.68. The third-order valence-corrected chi connectivity index (χ3v) is 28.6. The molecule has 0 saturated carbocycles. The lowest BCUT2D eigenvalue weighted by Gasteiger charge is -2.49. The van der Waals surface area contributed by atoms with E-state index in [-0.39, 0.29) is 97.2 Å². The lowest BCUT2D eigenvalue weighted by atomic mass is 9.57. The van der Waals surface area contributed by atoms with Crippen LogP contribution in [0.4, 0.5) is 105 Å². The monoisotopic (exact) mass is 1710 g/mol. The number of rotatable bonds is 33. The highest BCUT2D eigenvalue weighted by Crippen LogP contribution is 2.61. The van der Waals surface area contributed by atoms with Crippen molar-refractivity contribution < 1.29 is 105 Å². The van der Waals surface area contributed by atoms with Crippen molar-refractivity contribution in [1.29, 1.82) is 0 Å². The SMILES string of the molecule is CC(C)C(C(C)C)[C@](C)(C(C)C)C(F)(F)F.CC(C)C(C)(C(C)C)C(F)(F)F.CCC(C)(CC)[C@](C)(C(C)C)C(F)(F)F.CCC(CC)[C@](C)(C(C)C)C(F)(F)F.CCCC(C)(CCC)C(F)(F)F.CCC[C@@](C)(C(C(C)C)C(C)C)C(F)(F)F.CCC[C@@](C)(C(CC)CC)C(F)(F)F.CCC[C@](C)(C(F)(F)F)C(C)(CC)CC. The van der Waals surface area contributed by atoms with E-state index < -0.39 is 115 Å². The molecule has 0 aliphatic carbocycles. The first kappa shape index (κ1) is 128. The second-order valence-corrected chi connectivity index (χ2v) is 37.9. The van der Waals surface area contributed by atoms with Crippen LogP contribution in [0.15, 0.2) is 0 Å². The van der Waals surface area contributed by atoms with E-state index in [1.54, 1.807) is 96.9 Å². The highest BCUT2D eigenvalue weighted by molar-refractivity contribution is 5.00. The van der Waals surface area contributed by atoms with E-state index in [2.05, 4.69) is 0 Å². The summed E-state index contributed by atoms with van der Waals surface area (Å²) in [6.45, 7) is 69.7. The Morgan fingerprint density at radius 1 is 0.202 bits per heavy atom. The number of halogens is 24. The molecule has 0 radical (unpaired) electrons. The van der Waals surface area contributed by atoms with E-state index >= 15 is 0 Å². The van der Waals surface area contributed by atoms with Crippen molar-refractivity contribution in [3.63, 3.8) is 0 Å². The molecule has 0 fully saturated rings. The molecule has 0 heterocycles. The van der Waals surface area contributed by atoms with Crippen LogP contribution in [0, 0.1) is 131 Å². The Kier molecular flexibility index (Phi) is 57.0. The van der Waals surface area contributed by atoms with E-state index in [1.165, 1.54) is 55.4 Å². The van der Waals surface area contributed by atoms with Crippen LogP contribution in [0.2, 0.25) is 0 Å². The minimum Gasteiger partial charge on any atom is -0.171 e. The fraction of sp³-hybridized carbons (Fsp3) is 1.00. The van der Waals surface area contributed by atoms with Gasteiger partial charge in [0.25, 0.3) is 0 Å². The summed E-state index contributed by atoms with van der Waals surface area (Å²) in [6.07, 6.45) is -24.1. The second kappa shape index (κ2) is 50.8. The molecule has 0 amide bonds. The van der Waals surface area contributed by atoms with Crippen molar-refractivity contribution in [3.05, 3.63) is 0 Å². The van der Waals surface area contributed by atoms with Crippen LogP contribution in [-0.4, -0.2) is 49.4 Å². The Labute approximate surface area is 682 Å². The summed E-state index contributed by atoms with van der Waals surface area (Å²) in [6, 6.07) is 0. The molecule has 0 aliphatic rings. The zero-order valence-corrected chi connectivity index (χ0v) is 79.3. The molecule has 0 N–H and O–H groups in total. The third kappa shape index (κ3) is 33.5. The summed E-state index contributed by atoms with van der Waals surface area (Å²) < 4.78 is 312. The molecule has 0 aromatic heterocycles. The molecule has 6 atom stereocenters. The van der Waals surface area contributed by atoms with Gasteiger partial charge in [0.1, 0.15) is 0 Å². The molecule has 0 nitrogen and oxygen atoms in total. The molecule has 0 bridgehead atoms. The van der Waals surface area contributed by atoms with Gasteiger partial charge in [-0.2, -0.15) is 105 Å². The number of hydrogen-bond donors (Lipinski definition) is 0. The van der Waals surface area contributed by atoms with Gasteiger partial charge >= 0.3 is 49.4 Å². The van der Waals surface area contributed by atoms with Crippen LogP contribution < -0.4 is 0 Å². The predicted octanol–water partition coefficient (Wildman–Crippen LogP) is 38.1. The van der Waals surface area contributed by atoms with E-state index in [9.17, 15) is 105 Å². The molecule has 0 spiro atoms. The van der Waals surface area contributed by atoms with Gasteiger partial charge in [-0.05, 0) is 146 Å². The fourth-order valence-electron chi connectivity index (χ4n) is 18.3. The number of hydrogen-bond acceptors (Lipinski definition) is 0. The van der Waals surface area contributed by atoms with Gasteiger partial charge in [-0.15, -0.1) is 0 Å². The molecule has 0 unspecified atom stereocenters. The van der Waals surface area contributed by atoms with Gasteiger partial charge in [-0.3, -0.25) is 0 Å². The average Bonchev–Trinajstić information content (AvgIpc) is 0.754. The molecule has 700 valence electrons. The summed E-state index contributed by atoms with van der Waals surface area (Å²) in [4.78, 5) is 0. The van der Waals surface area contributed by atoms with E-state index in [4.69, 9.17) is 0 Å². The summed E-state index contributed by atoms with van der Waals surface area (Å²) in [5.41, 5.74) is -13.7. The van der Waals surface area contributed by atoms with Gasteiger partial charge in [0.2, 0.25) is 0 Å². The lowest BCUT2D eigenvalue weighted by Crippen LogP contribution is -2.51. The smallest absolute Gasteiger partial charge is 0.171 e. The Bertz CT molecular complexity index is 2370. The number of alkyl halides is 24. The van der Waals surface area contributed by atoms with E-state index in [0.717, 1.165) is 0 Å². The maximum atomic E-state index is 13.3. The zero-order chi connectivity index (χ0) is 94.2. The minimum absolute atomic E-state index is 0.0361. The molecule has 0 saturated heterocycles. The Morgan fingerprint density at radius 2 is 0.447 bits per heavy atom. The fourth-order valence-corrected chi connectivity index (χ4v) is 18.3. The van der Waals surface area contributed by atoms with Crippen molar-refractivity contribution in [1.82, 2.24) is 0 Å². The molecule has 0 aliphatic heterocycles. The Balaban J connectivity index is -0.000000188. The third-order valence-electron chi connectivity index (χ3n) is 28.6. The predicted molar refractivity (Wildman–Crippen MR) is 434 cm³/mol. The molecular weight excluding hydrogens is 1540 g/mol. The van der Waals surface area contributed by atoms with Crippen LogP contribution in [0.25, 0.3) is 0 Å². The maximum Gasteiger partial charge on any atom is 0.395 e. The van der Waals surface area contributed by atoms with Gasteiger partial charge in [0, 0.05) is 0 Å². The van der Waals surface area contributed by atoms with Gasteiger partial charge in [0.15, 0.2) is 0 Å². The summed E-state index contributed by atoms with van der Waals surface area (Å²) in [5, 5.41) is 0. The summed E-state index contributed by atoms with van der Waals surface area (Å²) in [5.74, 6) is -2.92. The zero-order valence-electron chi connectivity index (χ0n) is 79.3. The van der Waals surface area contributed by atoms with Crippen molar-refractivity contribution in [3.8, 4) is 0 Å². The van der Waals surface area contributed by atoms with Crippen LogP contribution in [0.5, 0.6) is 0 Å². The van der Waals surface area contributed by atoms with Crippen molar-refractivity contribution in [2.24, 2.45) is 131 Å². The molecule has 0 aromatic carbocycles. The topological polar surface area (TPSA) is 0 Å². The van der Waals surface area contributed by atoms with Gasteiger partial charge in [0.05, 0.1) is 43.3 Å². The van der Waals surface area contributed by atoms with Crippen LogP contribution in [0.1, 0.15) is 399 Å². The Morgan fingerprint density at radius 3 is 0.570 bits per heavy atom. The maximum absolute atomic E-state index is 13.3. The quantitative estimate of drug-likeness (QED) is 0.0575. The average molecular weight is 1710 g/mol. The van der Waals surface area contributed by atoms with Gasteiger partial charge in [-0.1, -0.05) is 342 Å². The minimum atomic E-state index is -4.14. The van der Waals surface area contributed by atoms with E-state index in [1.807, 2.05) is 132 Å². The highest BCUT2D eigenvalue weighted by Gasteiger charge is 2.64. The standard InChI is InChI=1S/2C13H25F3.2C12H23F3.2C11H21F3.2C9H17F3/c1-8(2)11(9(3)4)12(7,10(5)6)13(14,15)16;1-7-8-12(6,13(14,15)16)11(9(2)3)10(4)5;1-7-10(5,8-2)11(6,9(3)4)12(13,14)15;1-6-9-11(5,12(13,14)15)10(4,7-2)8-3;1-6-9(7-2)10(5,8(3)4)11(12,13)14;1-5-8-10(4,11(12,13)14)9(6-2)7-3;1-6(2)8(5,7(3)4)9(10,11)12;1-4-6-8(3,7-5-2)9(10,11)12/h8-11H,1-7H3;9-11H,7-8H2,1-6H3;9H,7-8H2,1-6H3;6-9H2,1-5H3;8-9H,6-7H2,1-5H3;9H,5-8H2,1-4H3;6-7H,1-5H3;4-7H2,1-3H3/t2*12-;2*11-;2*10-;;/m000000../s1. The van der Waals surface area contributed by atoms with Crippen molar-refractivity contribution in [2.75, 3.05) is 0 Å². The molecule has 0 aromatic rings.